The number of ether oxygens (including phenoxy) is 4. The first-order valence-electron chi connectivity index (χ1n) is 13.6. The Balaban J connectivity index is 2.30. The number of hydrogen-bond acceptors (Lipinski definition) is 9. The lowest BCUT2D eigenvalue weighted by Gasteiger charge is -2.28. The molecule has 0 radical (unpaired) electrons. The number of aliphatic carboxylic acids is 1. The molecule has 10 heteroatoms. The Morgan fingerprint density at radius 1 is 0.829 bits per heavy atom. The number of hydrogen-bond donors (Lipinski definition) is 2. The number of para-hydroxylation sites is 1. The van der Waals surface area contributed by atoms with Gasteiger partial charge >= 0.3 is 24.1 Å². The van der Waals surface area contributed by atoms with E-state index in [2.05, 4.69) is 0 Å². The van der Waals surface area contributed by atoms with E-state index in [1.54, 1.807) is 64.1 Å². The Morgan fingerprint density at radius 3 is 1.88 bits per heavy atom. The number of rotatable bonds is 13. The Labute approximate surface area is 241 Å². The molecular weight excluding hydrogens is 530 g/mol. The Morgan fingerprint density at radius 2 is 1.37 bits per heavy atom. The quantitative estimate of drug-likeness (QED) is 0.174. The summed E-state index contributed by atoms with van der Waals surface area (Å²) in [6.45, 7) is 12.1. The third kappa shape index (κ3) is 9.31. The molecule has 2 aromatic rings. The van der Waals surface area contributed by atoms with Gasteiger partial charge in [-0.15, -0.1) is 0 Å². The van der Waals surface area contributed by atoms with Crippen molar-refractivity contribution in [3.8, 4) is 17.2 Å². The smallest absolute Gasteiger partial charge is 0.480 e. The Kier molecular flexibility index (Phi) is 11.1. The summed E-state index contributed by atoms with van der Waals surface area (Å²) in [5.74, 6) is -2.10. The van der Waals surface area contributed by atoms with Gasteiger partial charge in [0.15, 0.2) is 11.5 Å². The van der Waals surface area contributed by atoms with Crippen molar-refractivity contribution in [1.82, 2.24) is 0 Å². The van der Waals surface area contributed by atoms with E-state index in [0.29, 0.717) is 18.4 Å². The maximum Gasteiger partial charge on any atom is 0.514 e. The Hall–Kier alpha value is -3.92. The molecule has 0 amide bonds. The second-order valence-electron chi connectivity index (χ2n) is 11.5. The van der Waals surface area contributed by atoms with Crippen LogP contribution in [0, 0.1) is 10.8 Å². The van der Waals surface area contributed by atoms with Gasteiger partial charge in [0.05, 0.1) is 10.8 Å². The molecular formula is C31H41NO9. The minimum absolute atomic E-state index is 0.0267. The lowest BCUT2D eigenvalue weighted by molar-refractivity contribution is -0.147. The van der Waals surface area contributed by atoms with Crippen LogP contribution in [0.4, 0.5) is 4.79 Å². The maximum absolute atomic E-state index is 12.9. The highest BCUT2D eigenvalue weighted by molar-refractivity contribution is 5.82. The number of nitrogens with two attached hydrogens (primary N) is 1. The molecule has 10 nitrogen and oxygen atoms in total. The zero-order valence-electron chi connectivity index (χ0n) is 24.8. The van der Waals surface area contributed by atoms with E-state index in [4.69, 9.17) is 24.7 Å². The van der Waals surface area contributed by atoms with E-state index >= 15 is 0 Å². The molecule has 41 heavy (non-hydrogen) atoms. The van der Waals surface area contributed by atoms with Crippen LogP contribution < -0.4 is 19.9 Å². The number of carboxylic acid groups (broad SMARTS) is 1. The number of carbonyl (C=O) groups excluding carboxylic acids is 3. The summed E-state index contributed by atoms with van der Waals surface area (Å²) in [6.07, 6.45) is -1.34. The van der Waals surface area contributed by atoms with Crippen molar-refractivity contribution >= 4 is 24.1 Å². The van der Waals surface area contributed by atoms with Crippen LogP contribution in [0.1, 0.15) is 73.3 Å². The van der Waals surface area contributed by atoms with Gasteiger partial charge in [-0.25, -0.2) is 4.79 Å². The second-order valence-corrected chi connectivity index (χ2v) is 11.5. The van der Waals surface area contributed by atoms with E-state index in [1.165, 1.54) is 19.1 Å². The van der Waals surface area contributed by atoms with Crippen molar-refractivity contribution in [2.45, 2.75) is 85.8 Å². The topological polar surface area (TPSA) is 151 Å². The molecule has 0 bridgehead atoms. The highest BCUT2D eigenvalue weighted by atomic mass is 16.7. The van der Waals surface area contributed by atoms with Gasteiger partial charge in [0.25, 0.3) is 0 Å². The summed E-state index contributed by atoms with van der Waals surface area (Å²) in [7, 11) is 0. The van der Waals surface area contributed by atoms with E-state index in [9.17, 15) is 24.3 Å². The van der Waals surface area contributed by atoms with E-state index in [0.717, 1.165) is 0 Å². The molecule has 0 aliphatic heterocycles. The van der Waals surface area contributed by atoms with Crippen LogP contribution in [0.25, 0.3) is 0 Å². The van der Waals surface area contributed by atoms with Gasteiger partial charge in [-0.2, -0.15) is 0 Å². The van der Waals surface area contributed by atoms with Crippen LogP contribution >= 0.6 is 0 Å². The van der Waals surface area contributed by atoms with Crippen molar-refractivity contribution in [3.63, 3.8) is 0 Å². The molecule has 1 unspecified atom stereocenters. The standard InChI is InChI=1S/C31H41NO9/c1-8-29(4,5)26(35)40-23-16-15-21(17-24(23)41-27(36)30(6,7)9-2)19-31(32,25(33)34)18-20(3)38-28(37)39-22-13-11-10-12-14-22/h10-17,20H,8-9,18-19,32H2,1-7H3,(H,33,34)/t20-,31?/m0/s1. The fourth-order valence-corrected chi connectivity index (χ4v) is 3.52. The third-order valence-corrected chi connectivity index (χ3v) is 7.13. The van der Waals surface area contributed by atoms with Crippen molar-refractivity contribution in [2.75, 3.05) is 0 Å². The first-order chi connectivity index (χ1) is 19.0. The fraction of sp³-hybridized carbons (Fsp3) is 0.484. The highest BCUT2D eigenvalue weighted by Crippen LogP contribution is 2.35. The zero-order chi connectivity index (χ0) is 31.0. The number of carbonyl (C=O) groups is 4. The maximum atomic E-state index is 12.9. The van der Waals surface area contributed by atoms with Crippen LogP contribution in [0.15, 0.2) is 48.5 Å². The number of carboxylic acids is 1. The van der Waals surface area contributed by atoms with Crippen LogP contribution in [-0.4, -0.2) is 40.8 Å². The van der Waals surface area contributed by atoms with Crippen LogP contribution in [0.2, 0.25) is 0 Å². The molecule has 0 saturated heterocycles. The predicted molar refractivity (Wildman–Crippen MR) is 152 cm³/mol. The molecule has 0 aliphatic carbocycles. The molecule has 2 aromatic carbocycles. The minimum atomic E-state index is -1.86. The molecule has 2 atom stereocenters. The molecule has 2 rings (SSSR count). The van der Waals surface area contributed by atoms with Gasteiger partial charge in [-0.1, -0.05) is 38.1 Å². The largest absolute Gasteiger partial charge is 0.514 e. The van der Waals surface area contributed by atoms with Crippen LogP contribution in [0.3, 0.4) is 0 Å². The third-order valence-electron chi connectivity index (χ3n) is 7.13. The highest BCUT2D eigenvalue weighted by Gasteiger charge is 2.38. The normalized spacial score (nSPS) is 13.9. The average molecular weight is 572 g/mol. The van der Waals surface area contributed by atoms with E-state index in [1.807, 2.05) is 13.8 Å². The van der Waals surface area contributed by atoms with Crippen molar-refractivity contribution in [2.24, 2.45) is 16.6 Å². The zero-order valence-corrected chi connectivity index (χ0v) is 24.8. The molecule has 224 valence electrons. The van der Waals surface area contributed by atoms with E-state index < -0.39 is 46.5 Å². The minimum Gasteiger partial charge on any atom is -0.480 e. The summed E-state index contributed by atoms with van der Waals surface area (Å²) in [5.41, 5.74) is 3.25. The van der Waals surface area contributed by atoms with Gasteiger partial charge in [0.2, 0.25) is 0 Å². The number of esters is 2. The molecule has 0 spiro atoms. The molecule has 0 saturated carbocycles. The summed E-state index contributed by atoms with van der Waals surface area (Å²) in [6, 6.07) is 12.7. The van der Waals surface area contributed by atoms with E-state index in [-0.39, 0.29) is 30.1 Å². The second kappa shape index (κ2) is 13.6. The molecule has 0 fully saturated rings. The van der Waals surface area contributed by atoms with Gasteiger partial charge in [-0.3, -0.25) is 14.4 Å². The summed E-state index contributed by atoms with van der Waals surface area (Å²) in [4.78, 5) is 50.1. The van der Waals surface area contributed by atoms with Gasteiger partial charge in [0, 0.05) is 12.8 Å². The lowest BCUT2D eigenvalue weighted by atomic mass is 9.86. The van der Waals surface area contributed by atoms with Gasteiger partial charge < -0.3 is 29.8 Å². The lowest BCUT2D eigenvalue weighted by Crippen LogP contribution is -2.52. The fourth-order valence-electron chi connectivity index (χ4n) is 3.52. The molecule has 0 aliphatic rings. The molecule has 0 heterocycles. The van der Waals surface area contributed by atoms with Crippen molar-refractivity contribution in [1.29, 1.82) is 0 Å². The number of benzene rings is 2. The van der Waals surface area contributed by atoms with Crippen molar-refractivity contribution < 1.29 is 43.2 Å². The summed E-state index contributed by atoms with van der Waals surface area (Å²) >= 11 is 0. The molecule has 0 aromatic heterocycles. The average Bonchev–Trinajstić information content (AvgIpc) is 2.90. The van der Waals surface area contributed by atoms with Crippen LogP contribution in [-0.2, 0) is 25.5 Å². The van der Waals surface area contributed by atoms with Crippen LogP contribution in [0.5, 0.6) is 17.2 Å². The summed E-state index contributed by atoms with van der Waals surface area (Å²) in [5, 5.41) is 10.0. The predicted octanol–water partition coefficient (Wildman–Crippen LogP) is 5.69. The summed E-state index contributed by atoms with van der Waals surface area (Å²) < 4.78 is 21.6. The van der Waals surface area contributed by atoms with Crippen molar-refractivity contribution in [3.05, 3.63) is 54.1 Å². The monoisotopic (exact) mass is 571 g/mol. The van der Waals surface area contributed by atoms with Gasteiger partial charge in [-0.05, 0) is 77.3 Å². The Bertz CT molecular complexity index is 1240. The first kappa shape index (κ1) is 33.3. The SMILES string of the molecule is CCC(C)(C)C(=O)Oc1ccc(CC(N)(C[C@H](C)OC(=O)Oc2ccccc2)C(=O)O)cc1OC(=O)C(C)(C)CC. The van der Waals surface area contributed by atoms with Gasteiger partial charge in [0.1, 0.15) is 17.4 Å². The first-order valence-corrected chi connectivity index (χ1v) is 13.6. The molecule has 3 N–H and O–H groups in total.